The first-order valence-corrected chi connectivity index (χ1v) is 8.02. The number of hydrogen-bond acceptors (Lipinski definition) is 4. The number of benzene rings is 2. The molecule has 0 spiro atoms. The highest BCUT2D eigenvalue weighted by molar-refractivity contribution is 7.80. The van der Waals surface area contributed by atoms with Crippen LogP contribution < -0.4 is 4.74 Å². The highest BCUT2D eigenvalue weighted by Gasteiger charge is 2.06. The SMILES string of the molecule is COC(=S)c1ccccc1CCCOCc1ccc(OC)cc1. The number of rotatable bonds is 8. The van der Waals surface area contributed by atoms with Crippen molar-refractivity contribution < 1.29 is 14.2 Å². The summed E-state index contributed by atoms with van der Waals surface area (Å²) in [5.74, 6) is 0.861. The highest BCUT2D eigenvalue weighted by Crippen LogP contribution is 2.14. The molecule has 122 valence electrons. The van der Waals surface area contributed by atoms with Crippen LogP contribution in [-0.4, -0.2) is 25.9 Å². The average Bonchev–Trinajstić information content (AvgIpc) is 2.61. The predicted molar refractivity (Wildman–Crippen MR) is 96.1 cm³/mol. The average molecular weight is 330 g/mol. The number of methoxy groups -OCH3 is 2. The van der Waals surface area contributed by atoms with Crippen LogP contribution in [0.3, 0.4) is 0 Å². The standard InChI is InChI=1S/C19H22O3S/c1-20-17-11-9-15(10-12-17)14-22-13-5-7-16-6-3-4-8-18(16)19(23)21-2/h3-4,6,8-12H,5,7,13-14H2,1-2H3. The van der Waals surface area contributed by atoms with Gasteiger partial charge in [0.2, 0.25) is 0 Å². The van der Waals surface area contributed by atoms with E-state index in [0.717, 1.165) is 29.7 Å². The fourth-order valence-corrected chi connectivity index (χ4v) is 2.52. The molecule has 0 unspecified atom stereocenters. The van der Waals surface area contributed by atoms with E-state index in [9.17, 15) is 0 Å². The monoisotopic (exact) mass is 330 g/mol. The number of ether oxygens (including phenoxy) is 3. The van der Waals surface area contributed by atoms with Gasteiger partial charge in [-0.3, -0.25) is 0 Å². The Morgan fingerprint density at radius 2 is 1.74 bits per heavy atom. The maximum absolute atomic E-state index is 5.74. The molecule has 0 atom stereocenters. The van der Waals surface area contributed by atoms with Crippen LogP contribution in [0, 0.1) is 0 Å². The van der Waals surface area contributed by atoms with Crippen molar-refractivity contribution >= 4 is 17.3 Å². The minimum Gasteiger partial charge on any atom is -0.497 e. The fraction of sp³-hybridized carbons (Fsp3) is 0.316. The summed E-state index contributed by atoms with van der Waals surface area (Å²) >= 11 is 5.23. The number of thiocarbonyl (C=S) groups is 1. The van der Waals surface area contributed by atoms with Crippen LogP contribution in [0.2, 0.25) is 0 Å². The largest absolute Gasteiger partial charge is 0.497 e. The summed E-state index contributed by atoms with van der Waals surface area (Å²) in [4.78, 5) is 0. The summed E-state index contributed by atoms with van der Waals surface area (Å²) < 4.78 is 16.0. The van der Waals surface area contributed by atoms with E-state index in [1.807, 2.05) is 42.5 Å². The third-order valence-corrected chi connectivity index (χ3v) is 3.97. The highest BCUT2D eigenvalue weighted by atomic mass is 32.1. The first kappa shape index (κ1) is 17.4. The molecule has 0 bridgehead atoms. The predicted octanol–water partition coefficient (Wildman–Crippen LogP) is 4.17. The normalized spacial score (nSPS) is 10.3. The van der Waals surface area contributed by atoms with E-state index >= 15 is 0 Å². The van der Waals surface area contributed by atoms with E-state index < -0.39 is 0 Å². The lowest BCUT2D eigenvalue weighted by molar-refractivity contribution is 0.118. The molecule has 2 aromatic carbocycles. The molecule has 0 aliphatic rings. The third kappa shape index (κ3) is 5.34. The van der Waals surface area contributed by atoms with Crippen molar-refractivity contribution in [3.05, 3.63) is 65.2 Å². The van der Waals surface area contributed by atoms with Crippen LogP contribution >= 0.6 is 12.2 Å². The van der Waals surface area contributed by atoms with Crippen molar-refractivity contribution in [1.82, 2.24) is 0 Å². The molecule has 3 nitrogen and oxygen atoms in total. The Morgan fingerprint density at radius 3 is 2.43 bits per heavy atom. The van der Waals surface area contributed by atoms with Gasteiger partial charge in [-0.2, -0.15) is 0 Å². The molecule has 0 saturated carbocycles. The lowest BCUT2D eigenvalue weighted by Crippen LogP contribution is -2.05. The first-order chi connectivity index (χ1) is 11.2. The van der Waals surface area contributed by atoms with Crippen LogP contribution in [0.25, 0.3) is 0 Å². The minimum atomic E-state index is 0.541. The molecule has 0 aliphatic carbocycles. The Hall–Kier alpha value is -1.91. The third-order valence-electron chi connectivity index (χ3n) is 3.59. The van der Waals surface area contributed by atoms with Gasteiger partial charge in [0.25, 0.3) is 0 Å². The Bertz CT molecular complexity index is 623. The van der Waals surface area contributed by atoms with E-state index in [1.54, 1.807) is 14.2 Å². The maximum Gasteiger partial charge on any atom is 0.191 e. The zero-order chi connectivity index (χ0) is 16.5. The molecule has 0 N–H and O–H groups in total. The Labute approximate surface area is 143 Å². The summed E-state index contributed by atoms with van der Waals surface area (Å²) in [5, 5.41) is 0.541. The van der Waals surface area contributed by atoms with Gasteiger partial charge in [0, 0.05) is 12.2 Å². The molecular formula is C19H22O3S. The van der Waals surface area contributed by atoms with Crippen molar-refractivity contribution in [1.29, 1.82) is 0 Å². The van der Waals surface area contributed by atoms with Gasteiger partial charge in [0.1, 0.15) is 5.75 Å². The molecule has 2 aromatic rings. The summed E-state index contributed by atoms with van der Waals surface area (Å²) in [6.07, 6.45) is 1.86. The van der Waals surface area contributed by atoms with Crippen LogP contribution in [-0.2, 0) is 22.5 Å². The second kappa shape index (κ2) is 9.28. The lowest BCUT2D eigenvalue weighted by atomic mass is 10.0. The van der Waals surface area contributed by atoms with Crippen LogP contribution in [0.15, 0.2) is 48.5 Å². The van der Waals surface area contributed by atoms with E-state index in [1.165, 1.54) is 5.56 Å². The van der Waals surface area contributed by atoms with Crippen molar-refractivity contribution in [2.24, 2.45) is 0 Å². The quantitative estimate of drug-likeness (QED) is 0.536. The molecule has 0 aromatic heterocycles. The molecular weight excluding hydrogens is 308 g/mol. The van der Waals surface area contributed by atoms with Gasteiger partial charge in [0.15, 0.2) is 5.05 Å². The topological polar surface area (TPSA) is 27.7 Å². The molecule has 0 saturated heterocycles. The zero-order valence-electron chi connectivity index (χ0n) is 13.6. The molecule has 0 amide bonds. The molecule has 0 aliphatic heterocycles. The smallest absolute Gasteiger partial charge is 0.191 e. The van der Waals surface area contributed by atoms with Gasteiger partial charge in [-0.15, -0.1) is 0 Å². The molecule has 23 heavy (non-hydrogen) atoms. The second-order valence-corrected chi connectivity index (χ2v) is 5.52. The lowest BCUT2D eigenvalue weighted by Gasteiger charge is -2.10. The van der Waals surface area contributed by atoms with Crippen molar-refractivity contribution in [2.45, 2.75) is 19.4 Å². The second-order valence-electron chi connectivity index (χ2n) is 5.15. The summed E-state index contributed by atoms with van der Waals surface area (Å²) in [6.45, 7) is 1.32. The first-order valence-electron chi connectivity index (χ1n) is 7.61. The molecule has 0 heterocycles. The zero-order valence-corrected chi connectivity index (χ0v) is 14.4. The summed E-state index contributed by atoms with van der Waals surface area (Å²) in [6, 6.07) is 16.0. The molecule has 4 heteroatoms. The van der Waals surface area contributed by atoms with Gasteiger partial charge in [-0.05, 0) is 48.3 Å². The van der Waals surface area contributed by atoms with Gasteiger partial charge in [-0.25, -0.2) is 0 Å². The van der Waals surface area contributed by atoms with Gasteiger partial charge in [0.05, 0.1) is 20.8 Å². The van der Waals surface area contributed by atoms with Crippen molar-refractivity contribution in [3.8, 4) is 5.75 Å². The molecule has 0 radical (unpaired) electrons. The summed E-state index contributed by atoms with van der Waals surface area (Å²) in [7, 11) is 3.27. The van der Waals surface area contributed by atoms with E-state index in [2.05, 4.69) is 6.07 Å². The van der Waals surface area contributed by atoms with Gasteiger partial charge in [-0.1, -0.05) is 36.4 Å². The van der Waals surface area contributed by atoms with Crippen molar-refractivity contribution in [3.63, 3.8) is 0 Å². The molecule has 2 rings (SSSR count). The van der Waals surface area contributed by atoms with E-state index in [4.69, 9.17) is 26.4 Å². The minimum absolute atomic E-state index is 0.541. The van der Waals surface area contributed by atoms with Gasteiger partial charge < -0.3 is 14.2 Å². The van der Waals surface area contributed by atoms with E-state index in [-0.39, 0.29) is 0 Å². The Morgan fingerprint density at radius 1 is 1.00 bits per heavy atom. The maximum atomic E-state index is 5.74. The summed E-state index contributed by atoms with van der Waals surface area (Å²) in [5.41, 5.74) is 3.35. The fourth-order valence-electron chi connectivity index (χ4n) is 2.32. The van der Waals surface area contributed by atoms with Crippen LogP contribution in [0.5, 0.6) is 5.75 Å². The molecule has 0 fully saturated rings. The number of hydrogen-bond donors (Lipinski definition) is 0. The van der Waals surface area contributed by atoms with Gasteiger partial charge >= 0.3 is 0 Å². The van der Waals surface area contributed by atoms with Crippen LogP contribution in [0.1, 0.15) is 23.1 Å². The van der Waals surface area contributed by atoms with Crippen molar-refractivity contribution in [2.75, 3.05) is 20.8 Å². The number of aryl methyl sites for hydroxylation is 1. The Kier molecular flexibility index (Phi) is 7.04. The van der Waals surface area contributed by atoms with Crippen LogP contribution in [0.4, 0.5) is 0 Å². The van der Waals surface area contributed by atoms with E-state index in [0.29, 0.717) is 18.3 Å². The Balaban J connectivity index is 1.76.